The van der Waals surface area contributed by atoms with Gasteiger partial charge in [-0.15, -0.1) is 0 Å². The van der Waals surface area contributed by atoms with Gasteiger partial charge < -0.3 is 19.3 Å². The van der Waals surface area contributed by atoms with Gasteiger partial charge in [0.2, 0.25) is 0 Å². The van der Waals surface area contributed by atoms with Gasteiger partial charge in [0, 0.05) is 27.4 Å². The van der Waals surface area contributed by atoms with E-state index in [0.717, 1.165) is 45.6 Å². The second-order valence-electron chi connectivity index (χ2n) is 9.82. The fourth-order valence-electron chi connectivity index (χ4n) is 5.27. The summed E-state index contributed by atoms with van der Waals surface area (Å²) in [5.41, 5.74) is 5.44. The van der Waals surface area contributed by atoms with Gasteiger partial charge in [-0.25, -0.2) is 4.79 Å². The molecule has 1 N–H and O–H groups in total. The van der Waals surface area contributed by atoms with Crippen LogP contribution in [0.4, 0.5) is 0 Å². The topological polar surface area (TPSA) is 65.0 Å². The fraction of sp³-hybridized carbons (Fsp3) is 0.323. The molecule has 200 valence electrons. The number of carboxylic acids is 1. The van der Waals surface area contributed by atoms with E-state index >= 15 is 0 Å². The number of rotatable bonds is 8. The minimum atomic E-state index is -1.05. The molecule has 4 atom stereocenters. The summed E-state index contributed by atoms with van der Waals surface area (Å²) in [4.78, 5) is 11.4. The van der Waals surface area contributed by atoms with Crippen molar-refractivity contribution in [3.63, 3.8) is 0 Å². The van der Waals surface area contributed by atoms with Gasteiger partial charge in [0.05, 0.1) is 19.3 Å². The first-order chi connectivity index (χ1) is 18.1. The number of carbonyl (C=O) groups is 1. The van der Waals surface area contributed by atoms with Gasteiger partial charge in [0.1, 0.15) is 11.5 Å². The van der Waals surface area contributed by atoms with E-state index in [1.54, 1.807) is 13.2 Å². The first kappa shape index (κ1) is 28.0. The first-order valence-electron chi connectivity index (χ1n) is 12.4. The molecule has 38 heavy (non-hydrogen) atoms. The van der Waals surface area contributed by atoms with Crippen LogP contribution in [0.5, 0.6) is 11.5 Å². The molecule has 1 aliphatic heterocycles. The molecule has 0 unspecified atom stereocenters. The smallest absolute Gasteiger partial charge is 0.341 e. The van der Waals surface area contributed by atoms with Crippen molar-refractivity contribution in [3.8, 4) is 11.5 Å². The predicted octanol–water partition coefficient (Wildman–Crippen LogP) is 8.26. The van der Waals surface area contributed by atoms with Crippen molar-refractivity contribution in [3.05, 3.63) is 105 Å². The predicted molar refractivity (Wildman–Crippen MR) is 151 cm³/mol. The number of hydrogen-bond acceptors (Lipinski definition) is 4. The second kappa shape index (κ2) is 11.8. The molecule has 1 saturated heterocycles. The summed E-state index contributed by atoms with van der Waals surface area (Å²) in [6.45, 7) is 9.63. The average molecular weight is 555 g/mol. The molecular weight excluding hydrogens is 523 g/mol. The number of carboxylic acid groups (broad SMARTS) is 1. The summed E-state index contributed by atoms with van der Waals surface area (Å²) in [5.74, 6) is 0.107. The zero-order valence-corrected chi connectivity index (χ0v) is 23.5. The first-order valence-corrected chi connectivity index (χ1v) is 13.2. The normalized spacial score (nSPS) is 21.1. The van der Waals surface area contributed by atoms with Gasteiger partial charge in [0.25, 0.3) is 0 Å². The standard InChI is InChI=1S/C31H32Cl2O5/c1-17(2)24-15-25(20-6-10-22(32)11-7-20)30(21-8-12-23(36-5)13-9-21)38-31(24)28-19(4)29(33)18(3)14-26(28)37-16-27(34)35/h6-14,24-25,30-31H,1,15-16H2,2-5H3,(H,34,35)/t24-,25-,30+,31+/m1/s1. The summed E-state index contributed by atoms with van der Waals surface area (Å²) in [5, 5.41) is 10.6. The van der Waals surface area contributed by atoms with Crippen LogP contribution in [0.2, 0.25) is 10.0 Å². The van der Waals surface area contributed by atoms with E-state index in [4.69, 9.17) is 37.4 Å². The minimum absolute atomic E-state index is 0.0169. The Morgan fingerprint density at radius 3 is 2.26 bits per heavy atom. The number of methoxy groups -OCH3 is 1. The van der Waals surface area contributed by atoms with Crippen molar-refractivity contribution in [2.45, 2.75) is 45.3 Å². The van der Waals surface area contributed by atoms with E-state index in [2.05, 4.69) is 6.58 Å². The number of aryl methyl sites for hydroxylation is 1. The van der Waals surface area contributed by atoms with Crippen LogP contribution in [0, 0.1) is 19.8 Å². The SMILES string of the molecule is C=C(C)[C@H]1C[C@H](c2ccc(Cl)cc2)[C@H](c2ccc(OC)cc2)O[C@@H]1c1c(OCC(=O)O)cc(C)c(Cl)c1C. The molecule has 1 aliphatic rings. The van der Waals surface area contributed by atoms with Crippen LogP contribution in [0.25, 0.3) is 0 Å². The average Bonchev–Trinajstić information content (AvgIpc) is 2.90. The van der Waals surface area contributed by atoms with E-state index in [0.29, 0.717) is 15.8 Å². The highest BCUT2D eigenvalue weighted by atomic mass is 35.5. The molecule has 4 rings (SSSR count). The Morgan fingerprint density at radius 1 is 1.05 bits per heavy atom. The van der Waals surface area contributed by atoms with Gasteiger partial charge in [-0.2, -0.15) is 0 Å². The molecular formula is C31H32Cl2O5. The second-order valence-corrected chi connectivity index (χ2v) is 10.6. The highest BCUT2D eigenvalue weighted by Crippen LogP contribution is 2.54. The number of hydrogen-bond donors (Lipinski definition) is 1. The molecule has 0 bridgehead atoms. The number of halogens is 2. The number of aliphatic carboxylic acids is 1. The molecule has 0 radical (unpaired) electrons. The molecule has 1 heterocycles. The quantitative estimate of drug-likeness (QED) is 0.284. The third-order valence-corrected chi connectivity index (χ3v) is 8.07. The maximum absolute atomic E-state index is 11.4. The van der Waals surface area contributed by atoms with Crippen LogP contribution in [-0.2, 0) is 9.53 Å². The Balaban J connectivity index is 1.86. The third-order valence-electron chi connectivity index (χ3n) is 7.24. The molecule has 0 aliphatic carbocycles. The largest absolute Gasteiger partial charge is 0.497 e. The lowest BCUT2D eigenvalue weighted by molar-refractivity contribution is -0.139. The number of ether oxygens (including phenoxy) is 3. The molecule has 0 saturated carbocycles. The molecule has 7 heteroatoms. The van der Waals surface area contributed by atoms with Crippen molar-refractivity contribution >= 4 is 29.2 Å². The Labute approximate surface area is 233 Å². The van der Waals surface area contributed by atoms with Gasteiger partial charge >= 0.3 is 5.97 Å². The summed E-state index contributed by atoms with van der Waals surface area (Å²) in [6.07, 6.45) is -0.0127. The van der Waals surface area contributed by atoms with Crippen molar-refractivity contribution in [1.29, 1.82) is 0 Å². The highest BCUT2D eigenvalue weighted by Gasteiger charge is 2.42. The third kappa shape index (κ3) is 5.85. The Bertz CT molecular complexity index is 1320. The molecule has 1 fully saturated rings. The van der Waals surface area contributed by atoms with E-state index < -0.39 is 18.7 Å². The Kier molecular flexibility index (Phi) is 8.71. The van der Waals surface area contributed by atoms with Crippen LogP contribution in [0.1, 0.15) is 59.3 Å². The van der Waals surface area contributed by atoms with E-state index in [-0.39, 0.29) is 17.9 Å². The van der Waals surface area contributed by atoms with Crippen molar-refractivity contribution in [1.82, 2.24) is 0 Å². The van der Waals surface area contributed by atoms with Gasteiger partial charge in [-0.3, -0.25) is 0 Å². The summed E-state index contributed by atoms with van der Waals surface area (Å²) < 4.78 is 18.2. The Morgan fingerprint density at radius 2 is 1.68 bits per heavy atom. The minimum Gasteiger partial charge on any atom is -0.497 e. The van der Waals surface area contributed by atoms with Crippen LogP contribution >= 0.6 is 23.2 Å². The summed E-state index contributed by atoms with van der Waals surface area (Å²) in [6, 6.07) is 17.5. The van der Waals surface area contributed by atoms with Crippen molar-refractivity contribution < 1.29 is 24.1 Å². The monoisotopic (exact) mass is 554 g/mol. The zero-order chi connectivity index (χ0) is 27.6. The molecule has 3 aromatic rings. The maximum atomic E-state index is 11.4. The number of benzene rings is 3. The molecule has 0 aromatic heterocycles. The van der Waals surface area contributed by atoms with Crippen molar-refractivity contribution in [2.24, 2.45) is 5.92 Å². The molecule has 3 aromatic carbocycles. The zero-order valence-electron chi connectivity index (χ0n) is 22.0. The van der Waals surface area contributed by atoms with E-state index in [9.17, 15) is 9.90 Å². The summed E-state index contributed by atoms with van der Waals surface area (Å²) >= 11 is 12.9. The Hall–Kier alpha value is -2.99. The van der Waals surface area contributed by atoms with Crippen LogP contribution in [0.3, 0.4) is 0 Å². The van der Waals surface area contributed by atoms with Gasteiger partial charge in [-0.05, 0) is 79.8 Å². The van der Waals surface area contributed by atoms with Gasteiger partial charge in [0.15, 0.2) is 6.61 Å². The van der Waals surface area contributed by atoms with Crippen molar-refractivity contribution in [2.75, 3.05) is 13.7 Å². The molecule has 0 amide bonds. The lowest BCUT2D eigenvalue weighted by Crippen LogP contribution is -2.32. The van der Waals surface area contributed by atoms with E-state index in [1.165, 1.54) is 0 Å². The highest BCUT2D eigenvalue weighted by molar-refractivity contribution is 6.32. The van der Waals surface area contributed by atoms with Crippen LogP contribution in [0.15, 0.2) is 66.7 Å². The van der Waals surface area contributed by atoms with E-state index in [1.807, 2.05) is 69.3 Å². The lowest BCUT2D eigenvalue weighted by Gasteiger charge is -2.44. The maximum Gasteiger partial charge on any atom is 0.341 e. The molecule has 0 spiro atoms. The summed E-state index contributed by atoms with van der Waals surface area (Å²) in [7, 11) is 1.64. The van der Waals surface area contributed by atoms with Crippen LogP contribution < -0.4 is 9.47 Å². The van der Waals surface area contributed by atoms with Crippen LogP contribution in [-0.4, -0.2) is 24.8 Å². The fourth-order valence-corrected chi connectivity index (χ4v) is 5.55. The lowest BCUT2D eigenvalue weighted by atomic mass is 9.73. The molecule has 5 nitrogen and oxygen atoms in total. The van der Waals surface area contributed by atoms with Gasteiger partial charge in [-0.1, -0.05) is 59.6 Å².